The van der Waals surface area contributed by atoms with Crippen molar-refractivity contribution in [2.24, 2.45) is 0 Å². The Hall–Kier alpha value is -1.73. The van der Waals surface area contributed by atoms with E-state index in [9.17, 15) is 0 Å². The second-order valence-corrected chi connectivity index (χ2v) is 4.99. The summed E-state index contributed by atoms with van der Waals surface area (Å²) in [7, 11) is 0. The highest BCUT2D eigenvalue weighted by atomic mass is 16.5. The van der Waals surface area contributed by atoms with Crippen LogP contribution < -0.4 is 21.4 Å². The third-order valence-corrected chi connectivity index (χ3v) is 3.91. The third kappa shape index (κ3) is 1.77. The summed E-state index contributed by atoms with van der Waals surface area (Å²) >= 11 is 0. The average Bonchev–Trinajstić information content (AvgIpc) is 2.78. The summed E-state index contributed by atoms with van der Waals surface area (Å²) in [5, 5.41) is 14.5. The van der Waals surface area contributed by atoms with E-state index < -0.39 is 0 Å². The molecule has 0 saturated carbocycles. The molecule has 1 aromatic heterocycles. The zero-order valence-corrected chi connectivity index (χ0v) is 10.6. The first-order chi connectivity index (χ1) is 9.43. The summed E-state index contributed by atoms with van der Waals surface area (Å²) in [6.45, 7) is 4.09. The lowest BCUT2D eigenvalue weighted by atomic mass is 10.2. The first-order valence-electron chi connectivity index (χ1n) is 6.69. The number of hydrogen-bond donors (Lipinski definition) is 2. The maximum atomic E-state index is 5.41. The largest absolute Gasteiger partial charge is 0.378 e. The summed E-state index contributed by atoms with van der Waals surface area (Å²) in [5.74, 6) is 1.01. The van der Waals surface area contributed by atoms with E-state index in [-0.39, 0.29) is 0 Å². The SMILES string of the molecule is C1CN(C2=c3nnnc4c3=C(CC4)CNN2)CCO1. The van der Waals surface area contributed by atoms with Crippen LogP contribution in [-0.2, 0) is 11.2 Å². The molecule has 3 heterocycles. The van der Waals surface area contributed by atoms with Gasteiger partial charge in [-0.3, -0.25) is 0 Å². The smallest absolute Gasteiger partial charge is 0.145 e. The van der Waals surface area contributed by atoms with Gasteiger partial charge in [0.05, 0.1) is 18.9 Å². The molecule has 2 aliphatic heterocycles. The van der Waals surface area contributed by atoms with Crippen molar-refractivity contribution in [2.75, 3.05) is 32.8 Å². The monoisotopic (exact) mass is 260 g/mol. The fourth-order valence-electron chi connectivity index (χ4n) is 2.95. The molecule has 1 aliphatic carbocycles. The van der Waals surface area contributed by atoms with Gasteiger partial charge < -0.3 is 15.1 Å². The van der Waals surface area contributed by atoms with Gasteiger partial charge in [0.15, 0.2) is 0 Å². The van der Waals surface area contributed by atoms with E-state index in [1.54, 1.807) is 0 Å². The summed E-state index contributed by atoms with van der Waals surface area (Å²) in [6.07, 6.45) is 2.03. The van der Waals surface area contributed by atoms with Crippen molar-refractivity contribution in [3.8, 4) is 0 Å². The van der Waals surface area contributed by atoms with Crippen molar-refractivity contribution in [1.29, 1.82) is 0 Å². The molecule has 100 valence electrons. The van der Waals surface area contributed by atoms with Crippen molar-refractivity contribution < 1.29 is 4.74 Å². The molecule has 0 aromatic carbocycles. The molecule has 1 aromatic rings. The van der Waals surface area contributed by atoms with E-state index in [1.165, 1.54) is 10.8 Å². The van der Waals surface area contributed by atoms with Gasteiger partial charge in [-0.15, -0.1) is 10.2 Å². The minimum absolute atomic E-state index is 0.752. The molecule has 19 heavy (non-hydrogen) atoms. The lowest BCUT2D eigenvalue weighted by molar-refractivity contribution is 0.0605. The molecular formula is C12H16N6O. The van der Waals surface area contributed by atoms with Crippen molar-refractivity contribution in [3.63, 3.8) is 0 Å². The normalized spacial score (nSPS) is 22.0. The third-order valence-electron chi connectivity index (χ3n) is 3.91. The molecule has 7 heteroatoms. The summed E-state index contributed by atoms with van der Waals surface area (Å²) in [4.78, 5) is 2.27. The summed E-state index contributed by atoms with van der Waals surface area (Å²) < 4.78 is 5.41. The molecule has 2 N–H and O–H groups in total. The molecule has 0 amide bonds. The number of aryl methyl sites for hydroxylation is 1. The number of morpholine rings is 1. The Labute approximate surface area is 110 Å². The van der Waals surface area contributed by atoms with Crippen molar-refractivity contribution in [1.82, 2.24) is 31.2 Å². The van der Waals surface area contributed by atoms with Crippen LogP contribution in [0.5, 0.6) is 0 Å². The lowest BCUT2D eigenvalue weighted by Gasteiger charge is -2.30. The van der Waals surface area contributed by atoms with Gasteiger partial charge in [-0.2, -0.15) is 0 Å². The van der Waals surface area contributed by atoms with Gasteiger partial charge in [-0.1, -0.05) is 0 Å². The Kier molecular flexibility index (Phi) is 2.59. The number of nitrogens with one attached hydrogen (secondary N) is 2. The number of rotatable bonds is 1. The Morgan fingerprint density at radius 1 is 1.11 bits per heavy atom. The highest BCUT2D eigenvalue weighted by Crippen LogP contribution is 2.12. The van der Waals surface area contributed by atoms with E-state index in [1.807, 2.05) is 0 Å². The standard InChI is InChI=1S/C12H16N6O/c1-2-9-10-8(1)7-13-16-12(11(10)15-17-14-9)18-3-5-19-6-4-18/h13,16H,1-7H2. The molecule has 0 unspecified atom stereocenters. The van der Waals surface area contributed by atoms with Gasteiger partial charge >= 0.3 is 0 Å². The van der Waals surface area contributed by atoms with E-state index in [2.05, 4.69) is 31.2 Å². The zero-order chi connectivity index (χ0) is 12.7. The van der Waals surface area contributed by atoms with Crippen molar-refractivity contribution in [3.05, 3.63) is 16.3 Å². The Bertz CT molecular complexity index is 622. The van der Waals surface area contributed by atoms with Crippen LogP contribution in [0.2, 0.25) is 0 Å². The second-order valence-electron chi connectivity index (χ2n) is 4.99. The van der Waals surface area contributed by atoms with Gasteiger partial charge in [-0.25, -0.2) is 5.43 Å². The molecule has 0 atom stereocenters. The number of hydrogen-bond acceptors (Lipinski definition) is 7. The van der Waals surface area contributed by atoms with E-state index >= 15 is 0 Å². The molecule has 7 nitrogen and oxygen atoms in total. The summed E-state index contributed by atoms with van der Waals surface area (Å²) in [5.41, 5.74) is 9.02. The van der Waals surface area contributed by atoms with Crippen LogP contribution in [-0.4, -0.2) is 53.2 Å². The van der Waals surface area contributed by atoms with Crippen molar-refractivity contribution in [2.45, 2.75) is 12.8 Å². The topological polar surface area (TPSA) is 75.2 Å². The highest BCUT2D eigenvalue weighted by Gasteiger charge is 2.22. The molecule has 1 fully saturated rings. The van der Waals surface area contributed by atoms with Crippen LogP contribution in [0.25, 0.3) is 11.4 Å². The van der Waals surface area contributed by atoms with Gasteiger partial charge in [0.2, 0.25) is 0 Å². The van der Waals surface area contributed by atoms with Crippen LogP contribution in [0.15, 0.2) is 0 Å². The van der Waals surface area contributed by atoms with E-state index in [0.29, 0.717) is 0 Å². The van der Waals surface area contributed by atoms with Crippen molar-refractivity contribution >= 4 is 11.4 Å². The van der Waals surface area contributed by atoms with Crippen LogP contribution in [0, 0.1) is 0 Å². The predicted molar refractivity (Wildman–Crippen MR) is 67.7 cm³/mol. The molecular weight excluding hydrogens is 244 g/mol. The fraction of sp³-hybridized carbons (Fsp3) is 0.583. The maximum absolute atomic E-state index is 5.41. The number of hydrazine groups is 1. The minimum Gasteiger partial charge on any atom is -0.378 e. The Morgan fingerprint density at radius 2 is 2.00 bits per heavy atom. The fourth-order valence-corrected chi connectivity index (χ4v) is 2.95. The molecule has 0 radical (unpaired) electrons. The second kappa shape index (κ2) is 4.43. The lowest BCUT2D eigenvalue weighted by Crippen LogP contribution is -2.48. The van der Waals surface area contributed by atoms with E-state index in [4.69, 9.17) is 4.74 Å². The zero-order valence-electron chi connectivity index (χ0n) is 10.6. The Morgan fingerprint density at radius 3 is 2.89 bits per heavy atom. The van der Waals surface area contributed by atoms with Crippen LogP contribution >= 0.6 is 0 Å². The first-order valence-corrected chi connectivity index (χ1v) is 6.69. The van der Waals surface area contributed by atoms with Gasteiger partial charge in [0, 0.05) is 24.9 Å². The molecule has 4 rings (SSSR count). The molecule has 0 spiro atoms. The quantitative estimate of drug-likeness (QED) is 0.577. The molecule has 1 saturated heterocycles. The summed E-state index contributed by atoms with van der Waals surface area (Å²) in [6, 6.07) is 0. The minimum atomic E-state index is 0.752. The molecule has 0 bridgehead atoms. The number of nitrogens with zero attached hydrogens (tertiary/aromatic N) is 4. The van der Waals surface area contributed by atoms with Crippen LogP contribution in [0.1, 0.15) is 12.1 Å². The van der Waals surface area contributed by atoms with E-state index in [0.717, 1.165) is 62.6 Å². The van der Waals surface area contributed by atoms with Gasteiger partial charge in [-0.05, 0) is 23.6 Å². The average molecular weight is 260 g/mol. The maximum Gasteiger partial charge on any atom is 0.145 e. The highest BCUT2D eigenvalue weighted by molar-refractivity contribution is 5.55. The van der Waals surface area contributed by atoms with Crippen LogP contribution in [0.4, 0.5) is 0 Å². The van der Waals surface area contributed by atoms with Crippen LogP contribution in [0.3, 0.4) is 0 Å². The number of aromatic nitrogens is 3. The first kappa shape index (κ1) is 11.1. The van der Waals surface area contributed by atoms with Gasteiger partial charge in [0.1, 0.15) is 11.2 Å². The van der Waals surface area contributed by atoms with Gasteiger partial charge in [0.25, 0.3) is 0 Å². The Balaban J connectivity index is 1.95. The molecule has 3 aliphatic rings. The number of ether oxygens (including phenoxy) is 1. The predicted octanol–water partition coefficient (Wildman–Crippen LogP) is -2.53.